The molecule has 0 spiro atoms. The van der Waals surface area contributed by atoms with Crippen LogP contribution in [0, 0.1) is 25.2 Å². The molecule has 1 N–H and O–H groups in total. The van der Waals surface area contributed by atoms with E-state index in [1.807, 2.05) is 23.9 Å². The highest BCUT2D eigenvalue weighted by atomic mass is 32.1. The van der Waals surface area contributed by atoms with Crippen molar-refractivity contribution in [3.8, 4) is 6.07 Å². The number of amides is 1. The molecule has 24 heavy (non-hydrogen) atoms. The summed E-state index contributed by atoms with van der Waals surface area (Å²) in [5.41, 5.74) is 4.19. The molecule has 0 unspecified atom stereocenters. The maximum Gasteiger partial charge on any atom is 0.226 e. The van der Waals surface area contributed by atoms with E-state index in [4.69, 9.17) is 5.26 Å². The van der Waals surface area contributed by atoms with Crippen LogP contribution in [0.3, 0.4) is 0 Å². The molecule has 6 nitrogen and oxygen atoms in total. The van der Waals surface area contributed by atoms with Crippen molar-refractivity contribution in [1.82, 2.24) is 14.8 Å². The molecular weight excluding hydrogens is 322 g/mol. The number of aryl methyl sites for hydroxylation is 2. The Morgan fingerprint density at radius 3 is 3.00 bits per heavy atom. The van der Waals surface area contributed by atoms with Crippen molar-refractivity contribution < 1.29 is 4.79 Å². The highest BCUT2D eigenvalue weighted by Crippen LogP contribution is 2.40. The van der Waals surface area contributed by atoms with Crippen molar-refractivity contribution in [2.24, 2.45) is 0 Å². The number of nitriles is 1. The summed E-state index contributed by atoms with van der Waals surface area (Å²) in [6.45, 7) is 4.54. The Balaban J connectivity index is 1.55. The summed E-state index contributed by atoms with van der Waals surface area (Å²) in [4.78, 5) is 16.6. The van der Waals surface area contributed by atoms with Gasteiger partial charge in [-0.3, -0.25) is 9.48 Å². The number of aromatic nitrogens is 3. The average molecular weight is 343 g/mol. The number of nitrogens with zero attached hydrogens (tertiary/aromatic N) is 4. The number of hydrogen-bond donors (Lipinski definition) is 1. The zero-order chi connectivity index (χ0) is 17.1. The predicted molar refractivity (Wildman–Crippen MR) is 93.0 cm³/mol. The summed E-state index contributed by atoms with van der Waals surface area (Å²) >= 11 is 1.50. The van der Waals surface area contributed by atoms with Crippen LogP contribution in [-0.2, 0) is 17.8 Å². The first-order chi connectivity index (χ1) is 11.6. The van der Waals surface area contributed by atoms with Crippen LogP contribution in [0.4, 0.5) is 5.13 Å². The molecule has 0 saturated heterocycles. The van der Waals surface area contributed by atoms with Gasteiger partial charge in [-0.25, -0.2) is 4.98 Å². The minimum absolute atomic E-state index is 0.0183. The molecule has 7 heteroatoms. The molecule has 1 aliphatic rings. The van der Waals surface area contributed by atoms with Gasteiger partial charge >= 0.3 is 0 Å². The Labute approximate surface area is 145 Å². The number of hydrogen-bond acceptors (Lipinski definition) is 5. The van der Waals surface area contributed by atoms with Crippen molar-refractivity contribution in [2.45, 2.75) is 58.4 Å². The predicted octanol–water partition coefficient (Wildman–Crippen LogP) is 3.32. The maximum atomic E-state index is 12.2. The molecule has 1 aliphatic carbocycles. The zero-order valence-corrected chi connectivity index (χ0v) is 14.8. The van der Waals surface area contributed by atoms with Crippen LogP contribution in [0.25, 0.3) is 0 Å². The van der Waals surface area contributed by atoms with Crippen LogP contribution in [0.2, 0.25) is 0 Å². The van der Waals surface area contributed by atoms with E-state index in [2.05, 4.69) is 21.5 Å². The smallest absolute Gasteiger partial charge is 0.226 e. The van der Waals surface area contributed by atoms with E-state index >= 15 is 0 Å². The van der Waals surface area contributed by atoms with Gasteiger partial charge in [-0.05, 0) is 38.7 Å². The topological polar surface area (TPSA) is 83.6 Å². The third kappa shape index (κ3) is 3.82. The first-order valence-electron chi connectivity index (χ1n) is 8.23. The van der Waals surface area contributed by atoms with Crippen molar-refractivity contribution >= 4 is 22.4 Å². The lowest BCUT2D eigenvalue weighted by molar-refractivity contribution is -0.116. The maximum absolute atomic E-state index is 12.2. The molecule has 2 aromatic heterocycles. The third-order valence-electron chi connectivity index (χ3n) is 4.33. The second kappa shape index (κ2) is 7.14. The zero-order valence-electron chi connectivity index (χ0n) is 14.0. The lowest BCUT2D eigenvalue weighted by atomic mass is 10.1. The van der Waals surface area contributed by atoms with E-state index in [0.717, 1.165) is 22.6 Å². The largest absolute Gasteiger partial charge is 0.302 e. The molecule has 0 radical (unpaired) electrons. The van der Waals surface area contributed by atoms with Gasteiger partial charge < -0.3 is 5.32 Å². The number of anilines is 1. The van der Waals surface area contributed by atoms with Gasteiger partial charge in [-0.1, -0.05) is 0 Å². The van der Waals surface area contributed by atoms with Crippen LogP contribution in [0.1, 0.15) is 54.2 Å². The fourth-order valence-corrected chi connectivity index (χ4v) is 3.61. The lowest BCUT2D eigenvalue weighted by Crippen LogP contribution is -2.12. The minimum Gasteiger partial charge on any atom is -0.302 e. The summed E-state index contributed by atoms with van der Waals surface area (Å²) in [5.74, 6) is 0.590. The average Bonchev–Trinajstić information content (AvgIpc) is 3.24. The summed E-state index contributed by atoms with van der Waals surface area (Å²) in [6, 6.07) is 2.13. The van der Waals surface area contributed by atoms with Gasteiger partial charge in [0.2, 0.25) is 5.91 Å². The van der Waals surface area contributed by atoms with Crippen molar-refractivity contribution in [3.05, 3.63) is 28.0 Å². The van der Waals surface area contributed by atoms with E-state index in [1.54, 1.807) is 0 Å². The van der Waals surface area contributed by atoms with Gasteiger partial charge in [0.1, 0.15) is 0 Å². The molecule has 0 aromatic carbocycles. The normalized spacial score (nSPS) is 13.7. The number of carbonyl (C=O) groups is 1. The molecule has 2 heterocycles. The minimum atomic E-state index is -0.0183. The van der Waals surface area contributed by atoms with Crippen LogP contribution < -0.4 is 5.32 Å². The molecule has 2 aromatic rings. The number of nitrogens with one attached hydrogen (secondary N) is 1. The molecule has 126 valence electrons. The molecule has 1 amide bonds. The van der Waals surface area contributed by atoms with Gasteiger partial charge in [0.05, 0.1) is 30.4 Å². The summed E-state index contributed by atoms with van der Waals surface area (Å²) in [7, 11) is 0. The number of carbonyl (C=O) groups excluding carboxylic acids is 1. The quantitative estimate of drug-likeness (QED) is 0.836. The highest BCUT2D eigenvalue weighted by Gasteiger charge is 2.26. The Morgan fingerprint density at radius 2 is 2.29 bits per heavy atom. The van der Waals surface area contributed by atoms with Crippen LogP contribution in [0.15, 0.2) is 5.38 Å². The first kappa shape index (κ1) is 16.7. The summed E-state index contributed by atoms with van der Waals surface area (Å²) in [6.07, 6.45) is 3.92. The van der Waals surface area contributed by atoms with Crippen molar-refractivity contribution in [3.63, 3.8) is 0 Å². The Kier molecular flexibility index (Phi) is 4.95. The number of rotatable bonds is 7. The molecule has 1 fully saturated rings. The Morgan fingerprint density at radius 1 is 1.50 bits per heavy atom. The standard InChI is InChI=1S/C17H21N5OS/c1-11-14(12(2)22(21-11)9-3-8-18)6-7-16(23)20-17-19-15(10-24-17)13-4-5-13/h10,13H,3-7,9H2,1-2H3,(H,19,20,23). The van der Waals surface area contributed by atoms with Gasteiger partial charge in [0.25, 0.3) is 0 Å². The first-order valence-corrected chi connectivity index (χ1v) is 9.11. The molecule has 1 saturated carbocycles. The third-order valence-corrected chi connectivity index (χ3v) is 5.11. The van der Waals surface area contributed by atoms with E-state index < -0.39 is 0 Å². The fraction of sp³-hybridized carbons (Fsp3) is 0.529. The van der Waals surface area contributed by atoms with Crippen LogP contribution in [0.5, 0.6) is 0 Å². The number of thiazole rings is 1. The molecular formula is C17H21N5OS. The molecule has 0 atom stereocenters. The van der Waals surface area contributed by atoms with Crippen LogP contribution in [-0.4, -0.2) is 20.7 Å². The van der Waals surface area contributed by atoms with E-state index in [9.17, 15) is 4.79 Å². The SMILES string of the molecule is Cc1nn(CCC#N)c(C)c1CCC(=O)Nc1nc(C2CC2)cs1. The van der Waals surface area contributed by atoms with E-state index in [-0.39, 0.29) is 5.91 Å². The molecule has 0 aliphatic heterocycles. The second-order valence-corrected chi connectivity index (χ2v) is 7.04. The van der Waals surface area contributed by atoms with Crippen molar-refractivity contribution in [2.75, 3.05) is 5.32 Å². The van der Waals surface area contributed by atoms with Gasteiger partial charge in [0.15, 0.2) is 5.13 Å². The van der Waals surface area contributed by atoms with Gasteiger partial charge in [-0.2, -0.15) is 10.4 Å². The monoisotopic (exact) mass is 343 g/mol. The van der Waals surface area contributed by atoms with Crippen molar-refractivity contribution in [1.29, 1.82) is 5.26 Å². The fourth-order valence-electron chi connectivity index (χ4n) is 2.80. The summed E-state index contributed by atoms with van der Waals surface area (Å²) in [5, 5.41) is 18.8. The summed E-state index contributed by atoms with van der Waals surface area (Å²) < 4.78 is 1.86. The Bertz CT molecular complexity index is 781. The van der Waals surface area contributed by atoms with Gasteiger partial charge in [0, 0.05) is 23.4 Å². The second-order valence-electron chi connectivity index (χ2n) is 6.18. The Hall–Kier alpha value is -2.20. The van der Waals surface area contributed by atoms with E-state index in [1.165, 1.54) is 24.2 Å². The molecule has 3 rings (SSSR count). The lowest BCUT2D eigenvalue weighted by Gasteiger charge is -2.04. The van der Waals surface area contributed by atoms with Gasteiger partial charge in [-0.15, -0.1) is 11.3 Å². The van der Waals surface area contributed by atoms with E-state index in [0.29, 0.717) is 36.9 Å². The highest BCUT2D eigenvalue weighted by molar-refractivity contribution is 7.13. The molecule has 0 bridgehead atoms. The van der Waals surface area contributed by atoms with Crippen LogP contribution >= 0.6 is 11.3 Å².